The Morgan fingerprint density at radius 1 is 1.47 bits per heavy atom. The zero-order valence-electron chi connectivity index (χ0n) is 10.1. The highest BCUT2D eigenvalue weighted by atomic mass is 79.9. The molecular formula is C10H17BrNO2S3+. The van der Waals surface area contributed by atoms with Crippen molar-refractivity contribution in [1.29, 1.82) is 0 Å². The van der Waals surface area contributed by atoms with Crippen LogP contribution in [0.25, 0.3) is 0 Å². The molecule has 0 aliphatic carbocycles. The molecule has 2 aliphatic heterocycles. The minimum atomic E-state index is -2.96. The second kappa shape index (κ2) is 4.72. The van der Waals surface area contributed by atoms with Gasteiger partial charge in [0.05, 0.1) is 10.5 Å². The molecule has 7 heteroatoms. The van der Waals surface area contributed by atoms with E-state index in [0.717, 1.165) is 13.1 Å². The van der Waals surface area contributed by atoms with Gasteiger partial charge in [-0.05, 0) is 44.3 Å². The van der Waals surface area contributed by atoms with E-state index in [2.05, 4.69) is 41.3 Å². The first kappa shape index (κ1) is 14.2. The fraction of sp³-hybridized carbons (Fsp3) is 0.900. The van der Waals surface area contributed by atoms with Gasteiger partial charge in [-0.3, -0.25) is 0 Å². The summed E-state index contributed by atoms with van der Waals surface area (Å²) in [7, 11) is -2.96. The van der Waals surface area contributed by atoms with E-state index in [1.165, 1.54) is 4.38 Å². The highest BCUT2D eigenvalue weighted by Crippen LogP contribution is 2.57. The molecule has 0 radical (unpaired) electrons. The average Bonchev–Trinajstić information content (AvgIpc) is 2.64. The highest BCUT2D eigenvalue weighted by molar-refractivity contribution is 9.11. The monoisotopic (exact) mass is 358 g/mol. The zero-order valence-corrected chi connectivity index (χ0v) is 14.2. The minimum absolute atomic E-state index is 0.178. The van der Waals surface area contributed by atoms with E-state index in [4.69, 9.17) is 0 Å². The number of fused-ring (bicyclic) bond motifs is 1. The fourth-order valence-electron chi connectivity index (χ4n) is 2.18. The average molecular weight is 359 g/mol. The molecule has 98 valence electrons. The van der Waals surface area contributed by atoms with Crippen molar-refractivity contribution in [1.82, 2.24) is 0 Å². The number of alkyl halides is 1. The maximum absolute atomic E-state index is 11.9. The summed E-state index contributed by atoms with van der Waals surface area (Å²) in [5, 5.41) is 0.178. The molecule has 2 rings (SSSR count). The number of rotatable bonds is 2. The van der Waals surface area contributed by atoms with Crippen LogP contribution >= 0.6 is 39.5 Å². The van der Waals surface area contributed by atoms with Crippen molar-refractivity contribution in [3.8, 4) is 0 Å². The van der Waals surface area contributed by atoms with Crippen LogP contribution in [0.5, 0.6) is 0 Å². The molecule has 2 saturated heterocycles. The lowest BCUT2D eigenvalue weighted by atomic mass is 10.1. The van der Waals surface area contributed by atoms with Crippen LogP contribution < -0.4 is 0 Å². The molecule has 2 fully saturated rings. The molecule has 0 aromatic rings. The van der Waals surface area contributed by atoms with Crippen molar-refractivity contribution in [3.05, 3.63) is 0 Å². The van der Waals surface area contributed by atoms with Crippen molar-refractivity contribution >= 4 is 53.7 Å². The van der Waals surface area contributed by atoms with Crippen LogP contribution in [0.2, 0.25) is 0 Å². The van der Waals surface area contributed by atoms with E-state index in [0.29, 0.717) is 5.75 Å². The Balaban J connectivity index is 2.34. The number of halogens is 1. The van der Waals surface area contributed by atoms with E-state index in [1.54, 1.807) is 23.5 Å². The van der Waals surface area contributed by atoms with Gasteiger partial charge in [-0.2, -0.15) is 0 Å². The van der Waals surface area contributed by atoms with Gasteiger partial charge < -0.3 is 0 Å². The number of sulfone groups is 1. The Kier molecular flexibility index (Phi) is 3.95. The molecule has 0 unspecified atom stereocenters. The molecule has 3 nitrogen and oxygen atoms in total. The van der Waals surface area contributed by atoms with Gasteiger partial charge in [0.15, 0.2) is 9.84 Å². The SMILES string of the molecule is CC[N+](CC)=C1S[C@H]2CS(=O)(=O)[C@@H](Br)[C@@]2(C)S1. The number of thioether (sulfide) groups is 2. The Labute approximate surface area is 120 Å². The lowest BCUT2D eigenvalue weighted by Gasteiger charge is -2.21. The molecule has 0 N–H and O–H groups in total. The van der Waals surface area contributed by atoms with Crippen molar-refractivity contribution in [2.24, 2.45) is 0 Å². The number of nitrogens with zero attached hydrogens (tertiary/aromatic N) is 1. The summed E-state index contributed by atoms with van der Waals surface area (Å²) in [6.45, 7) is 8.30. The predicted octanol–water partition coefficient (Wildman–Crippen LogP) is 2.15. The number of hydrogen-bond acceptors (Lipinski definition) is 4. The molecule has 17 heavy (non-hydrogen) atoms. The van der Waals surface area contributed by atoms with Crippen LogP contribution in [0.4, 0.5) is 0 Å². The van der Waals surface area contributed by atoms with E-state index >= 15 is 0 Å². The molecule has 0 aromatic heterocycles. The van der Waals surface area contributed by atoms with Crippen LogP contribution in [0, 0.1) is 0 Å². The normalized spacial score (nSPS) is 39.4. The summed E-state index contributed by atoms with van der Waals surface area (Å²) in [6, 6.07) is 0. The van der Waals surface area contributed by atoms with Gasteiger partial charge in [-0.1, -0.05) is 15.9 Å². The standard InChI is InChI=1S/C10H17BrNO2S3/c1-4-12(5-2)9-15-7-6-17(13,14)8(11)10(7,3)16-9/h7-8H,4-6H2,1-3H3/q+1/t7-,8+,10-/m0/s1. The van der Waals surface area contributed by atoms with E-state index in [9.17, 15) is 8.42 Å². The topological polar surface area (TPSA) is 37.1 Å². The fourth-order valence-corrected chi connectivity index (χ4v) is 10.3. The third kappa shape index (κ3) is 2.21. The predicted molar refractivity (Wildman–Crippen MR) is 80.2 cm³/mol. The molecule has 0 bridgehead atoms. The Bertz CT molecular complexity index is 456. The van der Waals surface area contributed by atoms with E-state index in [-0.39, 0.29) is 10.00 Å². The third-order valence-corrected chi connectivity index (χ3v) is 12.1. The minimum Gasteiger partial charge on any atom is -0.228 e. The Morgan fingerprint density at radius 2 is 2.06 bits per heavy atom. The molecule has 0 amide bonds. The molecule has 0 aromatic carbocycles. The lowest BCUT2D eigenvalue weighted by molar-refractivity contribution is -0.515. The summed E-state index contributed by atoms with van der Waals surface area (Å²) >= 11 is 6.86. The summed E-state index contributed by atoms with van der Waals surface area (Å²) in [6.07, 6.45) is 0. The lowest BCUT2D eigenvalue weighted by Crippen LogP contribution is -2.33. The summed E-state index contributed by atoms with van der Waals surface area (Å²) in [4.78, 5) is 0. The van der Waals surface area contributed by atoms with Gasteiger partial charge in [0.1, 0.15) is 17.2 Å². The molecule has 2 heterocycles. The molecule has 3 atom stereocenters. The van der Waals surface area contributed by atoms with Gasteiger partial charge in [-0.25, -0.2) is 13.0 Å². The quantitative estimate of drug-likeness (QED) is 0.559. The maximum atomic E-state index is 11.9. The van der Waals surface area contributed by atoms with Crippen molar-refractivity contribution < 1.29 is 13.0 Å². The van der Waals surface area contributed by atoms with Crippen molar-refractivity contribution in [3.63, 3.8) is 0 Å². The van der Waals surface area contributed by atoms with Crippen molar-refractivity contribution in [2.75, 3.05) is 18.8 Å². The van der Waals surface area contributed by atoms with Gasteiger partial charge in [0.2, 0.25) is 0 Å². The van der Waals surface area contributed by atoms with Crippen LogP contribution in [0.3, 0.4) is 0 Å². The van der Waals surface area contributed by atoms with E-state index < -0.39 is 14.0 Å². The summed E-state index contributed by atoms with van der Waals surface area (Å²) in [5.41, 5.74) is 0. The van der Waals surface area contributed by atoms with Crippen LogP contribution in [-0.2, 0) is 9.84 Å². The first-order valence-electron chi connectivity index (χ1n) is 5.68. The van der Waals surface area contributed by atoms with E-state index in [1.807, 2.05) is 0 Å². The van der Waals surface area contributed by atoms with Gasteiger partial charge >= 0.3 is 0 Å². The van der Waals surface area contributed by atoms with Crippen LogP contribution in [-0.4, -0.2) is 50.4 Å². The van der Waals surface area contributed by atoms with Crippen molar-refractivity contribution in [2.45, 2.75) is 34.9 Å². The third-order valence-electron chi connectivity index (χ3n) is 3.36. The zero-order chi connectivity index (χ0) is 12.8. The molecule has 0 spiro atoms. The number of hydrogen-bond donors (Lipinski definition) is 0. The molecule has 2 aliphatic rings. The second-order valence-corrected chi connectivity index (χ2v) is 11.0. The Hall–Kier alpha value is 0.800. The van der Waals surface area contributed by atoms with Crippen LogP contribution in [0.1, 0.15) is 20.8 Å². The summed E-state index contributed by atoms with van der Waals surface area (Å²) in [5.74, 6) is 0.294. The molecule has 0 saturated carbocycles. The smallest absolute Gasteiger partial charge is 0.228 e. The summed E-state index contributed by atoms with van der Waals surface area (Å²) < 4.78 is 26.8. The van der Waals surface area contributed by atoms with Gasteiger partial charge in [0.25, 0.3) is 4.38 Å². The van der Waals surface area contributed by atoms with Gasteiger partial charge in [-0.15, -0.1) is 0 Å². The van der Waals surface area contributed by atoms with Crippen LogP contribution in [0.15, 0.2) is 0 Å². The molecular weight excluding hydrogens is 342 g/mol. The first-order valence-corrected chi connectivity index (χ1v) is 10.0. The Morgan fingerprint density at radius 3 is 2.53 bits per heavy atom. The van der Waals surface area contributed by atoms with Gasteiger partial charge in [0, 0.05) is 5.25 Å². The maximum Gasteiger partial charge on any atom is 0.270 e. The highest BCUT2D eigenvalue weighted by Gasteiger charge is 2.62. The second-order valence-electron chi connectivity index (χ2n) is 4.48. The first-order chi connectivity index (χ1) is 7.85. The largest absolute Gasteiger partial charge is 0.270 e.